The molecular weight excluding hydrogens is 360 g/mol. The lowest BCUT2D eigenvalue weighted by atomic mass is 9.87. The number of rotatable bonds is 7. The number of thiazole rings is 1. The Morgan fingerprint density at radius 1 is 1.19 bits per heavy atom. The van der Waals surface area contributed by atoms with Crippen molar-refractivity contribution in [1.82, 2.24) is 20.1 Å². The number of hydrogen-bond acceptors (Lipinski definition) is 5. The Morgan fingerprint density at radius 3 is 2.59 bits per heavy atom. The van der Waals surface area contributed by atoms with Crippen molar-refractivity contribution in [2.24, 2.45) is 5.92 Å². The van der Waals surface area contributed by atoms with Crippen LogP contribution in [0.4, 0.5) is 0 Å². The largest absolute Gasteiger partial charge is 0.347 e. The van der Waals surface area contributed by atoms with Crippen molar-refractivity contribution in [3.05, 3.63) is 16.1 Å². The first-order chi connectivity index (χ1) is 13.1. The summed E-state index contributed by atoms with van der Waals surface area (Å²) >= 11 is 1.72. The van der Waals surface area contributed by atoms with Crippen LogP contribution in [0.25, 0.3) is 0 Å². The minimum atomic E-state index is 0.0316. The van der Waals surface area contributed by atoms with E-state index in [1.165, 1.54) is 24.3 Å². The molecule has 0 unspecified atom stereocenters. The van der Waals surface area contributed by atoms with Crippen LogP contribution in [0.2, 0.25) is 0 Å². The van der Waals surface area contributed by atoms with E-state index in [9.17, 15) is 9.59 Å². The molecule has 0 aromatic carbocycles. The van der Waals surface area contributed by atoms with Gasteiger partial charge in [0.1, 0.15) is 0 Å². The number of carbonyl (C=O) groups is 2. The summed E-state index contributed by atoms with van der Waals surface area (Å²) in [5.41, 5.74) is 1.13. The second-order valence-electron chi connectivity index (χ2n) is 7.73. The van der Waals surface area contributed by atoms with Gasteiger partial charge in [0.15, 0.2) is 0 Å². The summed E-state index contributed by atoms with van der Waals surface area (Å²) in [7, 11) is 0. The molecule has 2 heterocycles. The molecule has 27 heavy (non-hydrogen) atoms. The van der Waals surface area contributed by atoms with Gasteiger partial charge in [-0.3, -0.25) is 14.5 Å². The molecule has 1 N–H and O–H groups in total. The summed E-state index contributed by atoms with van der Waals surface area (Å²) in [5.74, 6) is 0.578. The van der Waals surface area contributed by atoms with Crippen LogP contribution in [0.3, 0.4) is 0 Å². The van der Waals surface area contributed by atoms with Gasteiger partial charge < -0.3 is 10.2 Å². The van der Waals surface area contributed by atoms with Crippen molar-refractivity contribution in [3.8, 4) is 0 Å². The van der Waals surface area contributed by atoms with Gasteiger partial charge in [0.25, 0.3) is 0 Å². The van der Waals surface area contributed by atoms with Crippen LogP contribution in [0, 0.1) is 5.92 Å². The van der Waals surface area contributed by atoms with E-state index in [2.05, 4.69) is 27.5 Å². The fourth-order valence-electron chi connectivity index (χ4n) is 3.98. The lowest BCUT2D eigenvalue weighted by molar-refractivity contribution is -0.134. The van der Waals surface area contributed by atoms with Crippen LogP contribution in [-0.2, 0) is 22.6 Å². The first-order valence-corrected chi connectivity index (χ1v) is 11.2. The standard InChI is InChI=1S/C20H32N4O2S/c1-2-19-22-17(15-27-19)14-23-8-10-24(11-9-23)20(26)13-21-18(25)12-16-6-4-3-5-7-16/h15-16H,2-14H2,1H3,(H,21,25). The Balaban J connectivity index is 1.33. The summed E-state index contributed by atoms with van der Waals surface area (Å²) in [5, 5.41) is 6.16. The van der Waals surface area contributed by atoms with Crippen LogP contribution < -0.4 is 5.32 Å². The molecule has 6 nitrogen and oxygen atoms in total. The van der Waals surface area contributed by atoms with Gasteiger partial charge in [0.2, 0.25) is 11.8 Å². The fourth-order valence-corrected chi connectivity index (χ4v) is 4.72. The Labute approximate surface area is 166 Å². The number of nitrogens with zero attached hydrogens (tertiary/aromatic N) is 3. The zero-order valence-corrected chi connectivity index (χ0v) is 17.2. The quantitative estimate of drug-likeness (QED) is 0.774. The first kappa shape index (κ1) is 20.3. The van der Waals surface area contributed by atoms with Crippen LogP contribution in [0.5, 0.6) is 0 Å². The van der Waals surface area contributed by atoms with Gasteiger partial charge in [-0.15, -0.1) is 11.3 Å². The van der Waals surface area contributed by atoms with E-state index >= 15 is 0 Å². The molecule has 2 fully saturated rings. The average molecular weight is 393 g/mol. The van der Waals surface area contributed by atoms with E-state index in [1.807, 2.05) is 4.90 Å². The van der Waals surface area contributed by atoms with Gasteiger partial charge in [-0.25, -0.2) is 4.98 Å². The SMILES string of the molecule is CCc1nc(CN2CCN(C(=O)CNC(=O)CC3CCCCC3)CC2)cs1. The molecule has 150 valence electrons. The highest BCUT2D eigenvalue weighted by molar-refractivity contribution is 7.09. The van der Waals surface area contributed by atoms with Crippen LogP contribution >= 0.6 is 11.3 Å². The van der Waals surface area contributed by atoms with Crippen molar-refractivity contribution in [3.63, 3.8) is 0 Å². The number of carbonyl (C=O) groups excluding carboxylic acids is 2. The molecule has 2 amide bonds. The molecule has 1 saturated carbocycles. The van der Waals surface area contributed by atoms with Gasteiger partial charge in [-0.1, -0.05) is 26.2 Å². The molecule has 1 saturated heterocycles. The Kier molecular flexibility index (Phi) is 7.64. The Hall–Kier alpha value is -1.47. The highest BCUT2D eigenvalue weighted by Crippen LogP contribution is 2.26. The lowest BCUT2D eigenvalue weighted by Gasteiger charge is -2.34. The molecule has 0 radical (unpaired) electrons. The molecule has 0 bridgehead atoms. The number of nitrogens with one attached hydrogen (secondary N) is 1. The van der Waals surface area contributed by atoms with E-state index in [0.29, 0.717) is 12.3 Å². The highest BCUT2D eigenvalue weighted by atomic mass is 32.1. The first-order valence-electron chi connectivity index (χ1n) is 10.3. The van der Waals surface area contributed by atoms with Crippen molar-refractivity contribution in [2.75, 3.05) is 32.7 Å². The predicted molar refractivity (Wildman–Crippen MR) is 108 cm³/mol. The summed E-state index contributed by atoms with van der Waals surface area (Å²) in [4.78, 5) is 33.3. The second kappa shape index (κ2) is 10.2. The van der Waals surface area contributed by atoms with E-state index in [4.69, 9.17) is 0 Å². The third-order valence-corrected chi connectivity index (χ3v) is 6.69. The van der Waals surface area contributed by atoms with Gasteiger partial charge in [0.05, 0.1) is 17.2 Å². The van der Waals surface area contributed by atoms with Gasteiger partial charge in [-0.05, 0) is 25.2 Å². The molecule has 1 aliphatic heterocycles. The molecule has 1 aliphatic carbocycles. The van der Waals surface area contributed by atoms with Gasteiger partial charge in [0, 0.05) is 44.5 Å². The van der Waals surface area contributed by atoms with Gasteiger partial charge >= 0.3 is 0 Å². The van der Waals surface area contributed by atoms with E-state index in [-0.39, 0.29) is 18.4 Å². The van der Waals surface area contributed by atoms with Crippen molar-refractivity contribution in [1.29, 1.82) is 0 Å². The molecule has 0 atom stereocenters. The average Bonchev–Trinajstić information content (AvgIpc) is 3.15. The van der Waals surface area contributed by atoms with E-state index in [0.717, 1.165) is 57.7 Å². The van der Waals surface area contributed by atoms with Crippen LogP contribution in [0.1, 0.15) is 56.2 Å². The van der Waals surface area contributed by atoms with Crippen molar-refractivity contribution < 1.29 is 9.59 Å². The number of hydrogen-bond donors (Lipinski definition) is 1. The molecule has 1 aromatic heterocycles. The topological polar surface area (TPSA) is 65.5 Å². The maximum absolute atomic E-state index is 12.4. The smallest absolute Gasteiger partial charge is 0.242 e. The molecular formula is C20H32N4O2S. The lowest BCUT2D eigenvalue weighted by Crippen LogP contribution is -2.50. The molecule has 1 aromatic rings. The Morgan fingerprint density at radius 2 is 1.93 bits per heavy atom. The summed E-state index contributed by atoms with van der Waals surface area (Å²) in [6.45, 7) is 6.29. The maximum atomic E-state index is 12.4. The molecule has 2 aliphatic rings. The van der Waals surface area contributed by atoms with Gasteiger partial charge in [-0.2, -0.15) is 0 Å². The minimum Gasteiger partial charge on any atom is -0.347 e. The minimum absolute atomic E-state index is 0.0316. The van der Waals surface area contributed by atoms with E-state index in [1.54, 1.807) is 11.3 Å². The Bertz CT molecular complexity index is 619. The summed E-state index contributed by atoms with van der Waals surface area (Å²) in [6.07, 6.45) is 7.65. The summed E-state index contributed by atoms with van der Waals surface area (Å²) < 4.78 is 0. The number of aryl methyl sites for hydroxylation is 1. The second-order valence-corrected chi connectivity index (χ2v) is 8.67. The normalized spacial score (nSPS) is 19.2. The molecule has 0 spiro atoms. The zero-order valence-electron chi connectivity index (χ0n) is 16.4. The monoisotopic (exact) mass is 392 g/mol. The van der Waals surface area contributed by atoms with Crippen LogP contribution in [0.15, 0.2) is 5.38 Å². The number of amides is 2. The zero-order chi connectivity index (χ0) is 19.1. The molecule has 3 rings (SSSR count). The van der Waals surface area contributed by atoms with E-state index < -0.39 is 0 Å². The van der Waals surface area contributed by atoms with Crippen LogP contribution in [-0.4, -0.2) is 59.3 Å². The number of piperazine rings is 1. The fraction of sp³-hybridized carbons (Fsp3) is 0.750. The predicted octanol–water partition coefficient (Wildman–Crippen LogP) is 2.44. The van der Waals surface area contributed by atoms with Crippen molar-refractivity contribution in [2.45, 2.75) is 58.4 Å². The third kappa shape index (κ3) is 6.28. The number of aromatic nitrogens is 1. The molecule has 7 heteroatoms. The third-order valence-electron chi connectivity index (χ3n) is 5.65. The maximum Gasteiger partial charge on any atom is 0.242 e. The van der Waals surface area contributed by atoms with Crippen molar-refractivity contribution >= 4 is 23.2 Å². The highest BCUT2D eigenvalue weighted by Gasteiger charge is 2.22. The summed E-state index contributed by atoms with van der Waals surface area (Å²) in [6, 6.07) is 0.